The first-order valence-corrected chi connectivity index (χ1v) is 12.6. The number of nitrogens with zero attached hydrogens (tertiary/aromatic N) is 4. The molecule has 0 spiro atoms. The van der Waals surface area contributed by atoms with Gasteiger partial charge in [0.1, 0.15) is 10.6 Å². The average molecular weight is 455 g/mol. The molecule has 3 aromatic heterocycles. The number of hydrogen-bond acceptors (Lipinski definition) is 6. The van der Waals surface area contributed by atoms with Crippen molar-refractivity contribution in [1.82, 2.24) is 19.2 Å². The summed E-state index contributed by atoms with van der Waals surface area (Å²) < 4.78 is 9.12. The van der Waals surface area contributed by atoms with Gasteiger partial charge in [0, 0.05) is 10.6 Å². The molecule has 1 aliphatic rings. The summed E-state index contributed by atoms with van der Waals surface area (Å²) in [6, 6.07) is 7.57. The van der Waals surface area contributed by atoms with E-state index >= 15 is 0 Å². The van der Waals surface area contributed by atoms with Gasteiger partial charge in [0.2, 0.25) is 5.78 Å². The summed E-state index contributed by atoms with van der Waals surface area (Å²) in [6.45, 7) is 4.49. The molecule has 0 N–H and O–H groups in total. The van der Waals surface area contributed by atoms with E-state index in [-0.39, 0.29) is 5.56 Å². The van der Waals surface area contributed by atoms with Crippen molar-refractivity contribution in [3.8, 4) is 11.4 Å². The maximum atomic E-state index is 13.8. The van der Waals surface area contributed by atoms with Crippen LogP contribution in [0.2, 0.25) is 0 Å². The first-order chi connectivity index (χ1) is 15.1. The lowest BCUT2D eigenvalue weighted by molar-refractivity contribution is 0.414. The summed E-state index contributed by atoms with van der Waals surface area (Å²) in [6.07, 6.45) is 5.39. The van der Waals surface area contributed by atoms with Crippen LogP contribution in [-0.2, 0) is 12.8 Å². The summed E-state index contributed by atoms with van der Waals surface area (Å²) >= 11 is 3.47. The highest BCUT2D eigenvalue weighted by atomic mass is 32.2. The molecule has 1 aromatic carbocycles. The smallest absolute Gasteiger partial charge is 0.268 e. The third kappa shape index (κ3) is 3.46. The van der Waals surface area contributed by atoms with E-state index in [4.69, 9.17) is 4.74 Å². The lowest BCUT2D eigenvalue weighted by Crippen LogP contribution is -2.22. The lowest BCUT2D eigenvalue weighted by Gasteiger charge is -2.17. The molecule has 1 atom stereocenters. The number of hydrogen-bond donors (Lipinski definition) is 0. The van der Waals surface area contributed by atoms with Gasteiger partial charge in [-0.05, 0) is 61.4 Å². The fourth-order valence-corrected chi connectivity index (χ4v) is 6.84. The first kappa shape index (κ1) is 20.6. The first-order valence-electron chi connectivity index (χ1n) is 10.8. The van der Waals surface area contributed by atoms with Gasteiger partial charge in [0.05, 0.1) is 18.2 Å². The number of thioether (sulfide) groups is 1. The Morgan fingerprint density at radius 2 is 2.06 bits per heavy atom. The minimum absolute atomic E-state index is 0.00257. The highest BCUT2D eigenvalue weighted by molar-refractivity contribution is 7.99. The highest BCUT2D eigenvalue weighted by Crippen LogP contribution is 2.38. The molecule has 0 bridgehead atoms. The molecule has 5 rings (SSSR count). The summed E-state index contributed by atoms with van der Waals surface area (Å²) in [5.41, 5.74) is 2.00. The van der Waals surface area contributed by atoms with Gasteiger partial charge in [-0.15, -0.1) is 21.5 Å². The van der Waals surface area contributed by atoms with Crippen molar-refractivity contribution < 1.29 is 4.74 Å². The second-order valence-corrected chi connectivity index (χ2v) is 10.3. The third-order valence-corrected chi connectivity index (χ3v) is 8.24. The van der Waals surface area contributed by atoms with E-state index in [2.05, 4.69) is 28.4 Å². The third-order valence-electron chi connectivity index (χ3n) is 5.99. The fraction of sp³-hybridized carbons (Fsp3) is 0.435. The number of methoxy groups -OCH3 is 1. The SMILES string of the molecule is CCCCSc1nnc2n(-c3ccc(OC)cc3)c(=O)c3c4c(sc3n12)C[C@@H](C)CC4. The van der Waals surface area contributed by atoms with Crippen molar-refractivity contribution >= 4 is 39.1 Å². The maximum Gasteiger partial charge on any atom is 0.268 e. The molecule has 4 aromatic rings. The van der Waals surface area contributed by atoms with Crippen LogP contribution in [0.15, 0.2) is 34.2 Å². The van der Waals surface area contributed by atoms with E-state index < -0.39 is 0 Å². The average Bonchev–Trinajstić information content (AvgIpc) is 3.35. The Bertz CT molecular complexity index is 1300. The molecule has 0 fully saturated rings. The zero-order valence-corrected chi connectivity index (χ0v) is 19.7. The summed E-state index contributed by atoms with van der Waals surface area (Å²) in [5.74, 6) is 2.98. The van der Waals surface area contributed by atoms with Crippen molar-refractivity contribution in [2.24, 2.45) is 5.92 Å². The van der Waals surface area contributed by atoms with Crippen molar-refractivity contribution in [3.63, 3.8) is 0 Å². The number of aryl methyl sites for hydroxylation is 1. The van der Waals surface area contributed by atoms with Crippen LogP contribution in [0.5, 0.6) is 5.75 Å². The Hall–Kier alpha value is -2.32. The maximum absolute atomic E-state index is 13.8. The van der Waals surface area contributed by atoms with Gasteiger partial charge in [-0.3, -0.25) is 4.79 Å². The number of ether oxygens (including phenoxy) is 1. The van der Waals surface area contributed by atoms with Crippen LogP contribution in [0.3, 0.4) is 0 Å². The van der Waals surface area contributed by atoms with E-state index in [0.717, 1.165) is 64.7 Å². The molecule has 1 aliphatic carbocycles. The van der Waals surface area contributed by atoms with E-state index in [1.165, 1.54) is 10.4 Å². The largest absolute Gasteiger partial charge is 0.497 e. The summed E-state index contributed by atoms with van der Waals surface area (Å²) in [5, 5.41) is 10.7. The minimum atomic E-state index is -0.00257. The van der Waals surface area contributed by atoms with Crippen molar-refractivity contribution in [3.05, 3.63) is 45.1 Å². The molecule has 0 saturated heterocycles. The Morgan fingerprint density at radius 3 is 2.81 bits per heavy atom. The number of benzene rings is 1. The van der Waals surface area contributed by atoms with E-state index in [1.807, 2.05) is 24.3 Å². The Morgan fingerprint density at radius 1 is 1.26 bits per heavy atom. The van der Waals surface area contributed by atoms with Gasteiger partial charge >= 0.3 is 0 Å². The van der Waals surface area contributed by atoms with Gasteiger partial charge in [-0.2, -0.15) is 0 Å². The molecule has 0 unspecified atom stereocenters. The summed E-state index contributed by atoms with van der Waals surface area (Å²) in [7, 11) is 1.64. The standard InChI is InChI=1S/C23H26N4O2S2/c1-4-5-12-30-23-25-24-22-26(15-7-9-16(29-3)10-8-15)20(28)19-17-11-6-14(2)13-18(17)31-21(19)27(22)23/h7-10,14H,4-6,11-13H2,1-3H3/t14-/m0/s1. The number of unbranched alkanes of at least 4 members (excludes halogenated alkanes) is 1. The van der Waals surface area contributed by atoms with Crippen LogP contribution < -0.4 is 10.3 Å². The molecule has 0 amide bonds. The molecule has 31 heavy (non-hydrogen) atoms. The molecular formula is C23H26N4O2S2. The highest BCUT2D eigenvalue weighted by Gasteiger charge is 2.27. The molecular weight excluding hydrogens is 428 g/mol. The second kappa shape index (κ2) is 8.31. The molecule has 0 radical (unpaired) electrons. The minimum Gasteiger partial charge on any atom is -0.497 e. The molecule has 6 nitrogen and oxygen atoms in total. The van der Waals surface area contributed by atoms with Crippen molar-refractivity contribution in [2.45, 2.75) is 51.1 Å². The second-order valence-electron chi connectivity index (χ2n) is 8.19. The number of aromatic nitrogens is 4. The van der Waals surface area contributed by atoms with E-state index in [1.54, 1.807) is 34.8 Å². The normalized spacial score (nSPS) is 16.2. The quantitative estimate of drug-likeness (QED) is 0.299. The van der Waals surface area contributed by atoms with E-state index in [9.17, 15) is 4.79 Å². The van der Waals surface area contributed by atoms with Crippen LogP contribution in [0.25, 0.3) is 21.7 Å². The molecule has 0 aliphatic heterocycles. The van der Waals surface area contributed by atoms with Gasteiger partial charge in [0.25, 0.3) is 5.56 Å². The molecule has 162 valence electrons. The Kier molecular flexibility index (Phi) is 5.52. The molecule has 3 heterocycles. The molecule has 8 heteroatoms. The number of rotatable bonds is 6. The van der Waals surface area contributed by atoms with Gasteiger partial charge in [0.15, 0.2) is 5.16 Å². The van der Waals surface area contributed by atoms with Crippen LogP contribution in [0, 0.1) is 5.92 Å². The Balaban J connectivity index is 1.81. The lowest BCUT2D eigenvalue weighted by atomic mass is 9.89. The zero-order chi connectivity index (χ0) is 21.5. The number of fused-ring (bicyclic) bond motifs is 5. The predicted octanol–water partition coefficient (Wildman–Crippen LogP) is 5.12. The van der Waals surface area contributed by atoms with Crippen LogP contribution >= 0.6 is 23.1 Å². The van der Waals surface area contributed by atoms with Crippen LogP contribution in [-0.4, -0.2) is 32.0 Å². The van der Waals surface area contributed by atoms with Gasteiger partial charge in [-0.25, -0.2) is 8.97 Å². The zero-order valence-electron chi connectivity index (χ0n) is 18.1. The molecule has 0 saturated carbocycles. The van der Waals surface area contributed by atoms with E-state index in [0.29, 0.717) is 11.7 Å². The van der Waals surface area contributed by atoms with Crippen LogP contribution in [0.1, 0.15) is 43.6 Å². The van der Waals surface area contributed by atoms with Gasteiger partial charge < -0.3 is 4.74 Å². The Labute approximate surface area is 189 Å². The van der Waals surface area contributed by atoms with Gasteiger partial charge in [-0.1, -0.05) is 32.0 Å². The summed E-state index contributed by atoms with van der Waals surface area (Å²) in [4.78, 5) is 16.2. The van der Waals surface area contributed by atoms with Crippen molar-refractivity contribution in [1.29, 1.82) is 0 Å². The van der Waals surface area contributed by atoms with Crippen molar-refractivity contribution in [2.75, 3.05) is 12.9 Å². The van der Waals surface area contributed by atoms with Crippen LogP contribution in [0.4, 0.5) is 0 Å². The monoisotopic (exact) mass is 454 g/mol. The number of thiophene rings is 1. The fourth-order valence-electron chi connectivity index (χ4n) is 4.27. The topological polar surface area (TPSA) is 61.4 Å². The predicted molar refractivity (Wildman–Crippen MR) is 127 cm³/mol.